The summed E-state index contributed by atoms with van der Waals surface area (Å²) >= 11 is 0. The normalized spacial score (nSPS) is 14.6. The number of benzene rings is 4. The number of hydrogen-bond donors (Lipinski definition) is 0. The highest BCUT2D eigenvalue weighted by Gasteiger charge is 2.27. The van der Waals surface area contributed by atoms with E-state index in [1.54, 1.807) is 0 Å². The third-order valence-corrected chi connectivity index (χ3v) is 11.8. The molecule has 0 spiro atoms. The fraction of sp³-hybridized carbons (Fsp3) is 0.538. The summed E-state index contributed by atoms with van der Waals surface area (Å²) in [7, 11) is 7.34. The van der Waals surface area contributed by atoms with Gasteiger partial charge in [-0.2, -0.15) is 0 Å². The summed E-state index contributed by atoms with van der Waals surface area (Å²) in [5.41, 5.74) is 15.1. The van der Waals surface area contributed by atoms with Crippen molar-refractivity contribution in [1.82, 2.24) is 0 Å². The maximum Gasteiger partial charge on any atom is 0.125 e. The molecule has 4 aromatic rings. The lowest BCUT2D eigenvalue weighted by atomic mass is 9.80. The van der Waals surface area contributed by atoms with E-state index in [0.29, 0.717) is 0 Å². The summed E-state index contributed by atoms with van der Waals surface area (Å²) in [5, 5.41) is 0. The Bertz CT molecular complexity index is 1730. The molecule has 4 heteroatoms. The van der Waals surface area contributed by atoms with Crippen LogP contribution < -0.4 is 18.9 Å². The Kier molecular flexibility index (Phi) is 12.7. The summed E-state index contributed by atoms with van der Waals surface area (Å²) in [6.07, 6.45) is 6.98. The molecular weight excluding hydrogens is 689 g/mol. The summed E-state index contributed by atoms with van der Waals surface area (Å²) in [6.45, 7) is 27.7. The average molecular weight is 761 g/mol. The van der Waals surface area contributed by atoms with Crippen LogP contribution in [0.4, 0.5) is 0 Å². The molecule has 0 N–H and O–H groups in total. The molecule has 0 aromatic heterocycles. The molecule has 1 aliphatic carbocycles. The van der Waals surface area contributed by atoms with Crippen LogP contribution in [0.1, 0.15) is 163 Å². The first kappa shape index (κ1) is 43.2. The fourth-order valence-corrected chi connectivity index (χ4v) is 8.42. The Balaban J connectivity index is 1.79. The van der Waals surface area contributed by atoms with Crippen molar-refractivity contribution in [2.45, 2.75) is 156 Å². The topological polar surface area (TPSA) is 36.9 Å². The highest BCUT2D eigenvalue weighted by molar-refractivity contribution is 5.56. The molecule has 8 bridgehead atoms. The minimum Gasteiger partial charge on any atom is -0.496 e. The maximum atomic E-state index is 6.35. The predicted molar refractivity (Wildman–Crippen MR) is 236 cm³/mol. The van der Waals surface area contributed by atoms with E-state index in [0.717, 1.165) is 74.4 Å². The van der Waals surface area contributed by atoms with Gasteiger partial charge in [0.1, 0.15) is 23.0 Å². The third-order valence-electron chi connectivity index (χ3n) is 11.8. The maximum absolute atomic E-state index is 6.35. The molecule has 0 saturated carbocycles. The second-order valence-electron chi connectivity index (χ2n) is 20.4. The van der Waals surface area contributed by atoms with Crippen LogP contribution in [0.15, 0.2) is 48.5 Å². The summed E-state index contributed by atoms with van der Waals surface area (Å²) < 4.78 is 25.4. The van der Waals surface area contributed by atoms with E-state index in [1.165, 1.54) is 66.8 Å². The van der Waals surface area contributed by atoms with Gasteiger partial charge in [-0.1, -0.05) is 132 Å². The van der Waals surface area contributed by atoms with Gasteiger partial charge in [-0.3, -0.25) is 0 Å². The molecule has 5 rings (SSSR count). The van der Waals surface area contributed by atoms with Crippen LogP contribution in [-0.2, 0) is 60.2 Å². The lowest BCUT2D eigenvalue weighted by molar-refractivity contribution is 0.396. The molecule has 0 unspecified atom stereocenters. The first-order valence-corrected chi connectivity index (χ1v) is 20.9. The average Bonchev–Trinajstić information content (AvgIpc) is 3.09. The standard InChI is InChI=1S/C52H72O4/c1-49(2,3)41-25-33-19-17-20-34-26-43(51(7,8)9)31-39(47(34)55-15)24-40-32-44(52(10,11)12)28-36(48(40)56-16)22-18-21-35-27-42(50(4,5)6)30-38(46(35)54-14)23-37(29-41)45(33)53-13/h25-32H,17-24H2,1-16H3. The minimum atomic E-state index is -0.0189. The molecule has 0 amide bonds. The largest absolute Gasteiger partial charge is 0.496 e. The van der Waals surface area contributed by atoms with Crippen LogP contribution in [0.2, 0.25) is 0 Å². The lowest BCUT2D eigenvalue weighted by Gasteiger charge is -2.27. The van der Waals surface area contributed by atoms with Crippen molar-refractivity contribution < 1.29 is 18.9 Å². The molecule has 0 heterocycles. The molecular formula is C52H72O4. The van der Waals surface area contributed by atoms with Crippen molar-refractivity contribution in [2.75, 3.05) is 28.4 Å². The van der Waals surface area contributed by atoms with Crippen LogP contribution in [0.5, 0.6) is 23.0 Å². The first-order valence-electron chi connectivity index (χ1n) is 20.9. The zero-order valence-electron chi connectivity index (χ0n) is 37.9. The quantitative estimate of drug-likeness (QED) is 0.208. The molecule has 56 heavy (non-hydrogen) atoms. The number of rotatable bonds is 4. The molecule has 4 aromatic carbocycles. The SMILES string of the molecule is COc1c2cc(C(C)(C)C)cc1Cc1cc(C(C)(C)C)cc(c1OC)CCCc1cc(C(C)(C)C)cc(c1OC)Cc1cc(C(C)(C)C)cc(c1OC)CCC2. The second kappa shape index (κ2) is 16.5. The Labute approximate surface area is 340 Å². The van der Waals surface area contributed by atoms with Crippen molar-refractivity contribution in [2.24, 2.45) is 0 Å². The van der Waals surface area contributed by atoms with E-state index in [2.05, 4.69) is 132 Å². The lowest BCUT2D eigenvalue weighted by Crippen LogP contribution is -2.16. The second-order valence-corrected chi connectivity index (χ2v) is 20.4. The smallest absolute Gasteiger partial charge is 0.125 e. The van der Waals surface area contributed by atoms with Gasteiger partial charge >= 0.3 is 0 Å². The molecule has 0 saturated heterocycles. The van der Waals surface area contributed by atoms with E-state index in [1.807, 2.05) is 28.4 Å². The van der Waals surface area contributed by atoms with E-state index in [-0.39, 0.29) is 21.7 Å². The van der Waals surface area contributed by atoms with E-state index in [4.69, 9.17) is 18.9 Å². The molecule has 1 aliphatic rings. The van der Waals surface area contributed by atoms with E-state index >= 15 is 0 Å². The van der Waals surface area contributed by atoms with Gasteiger partial charge in [-0.15, -0.1) is 0 Å². The molecule has 0 atom stereocenters. The Hall–Kier alpha value is -3.92. The third kappa shape index (κ3) is 9.60. The minimum absolute atomic E-state index is 0.0189. The van der Waals surface area contributed by atoms with Gasteiger partial charge in [0.2, 0.25) is 0 Å². The van der Waals surface area contributed by atoms with E-state index in [9.17, 15) is 0 Å². The van der Waals surface area contributed by atoms with Gasteiger partial charge in [0, 0.05) is 12.8 Å². The molecule has 0 radical (unpaired) electrons. The van der Waals surface area contributed by atoms with Crippen molar-refractivity contribution >= 4 is 0 Å². The number of aryl methyl sites for hydroxylation is 4. The Morgan fingerprint density at radius 3 is 0.643 bits per heavy atom. The summed E-state index contributed by atoms with van der Waals surface area (Å²) in [6, 6.07) is 19.1. The van der Waals surface area contributed by atoms with E-state index < -0.39 is 0 Å². The number of methoxy groups -OCH3 is 4. The molecule has 0 aliphatic heterocycles. The van der Waals surface area contributed by atoms with Gasteiger partial charge in [-0.05, 0) is 127 Å². The van der Waals surface area contributed by atoms with Crippen molar-refractivity contribution in [3.05, 3.63) is 115 Å². The molecule has 0 fully saturated rings. The number of fused-ring (bicyclic) bond motifs is 8. The zero-order chi connectivity index (χ0) is 41.4. The van der Waals surface area contributed by atoms with Crippen LogP contribution >= 0.6 is 0 Å². The van der Waals surface area contributed by atoms with Gasteiger partial charge in [-0.25, -0.2) is 0 Å². The van der Waals surface area contributed by atoms with Crippen molar-refractivity contribution in [1.29, 1.82) is 0 Å². The fourth-order valence-electron chi connectivity index (χ4n) is 8.42. The van der Waals surface area contributed by atoms with Gasteiger partial charge in [0.15, 0.2) is 0 Å². The van der Waals surface area contributed by atoms with Crippen LogP contribution in [0.25, 0.3) is 0 Å². The highest BCUT2D eigenvalue weighted by atomic mass is 16.5. The van der Waals surface area contributed by atoms with Gasteiger partial charge in [0.05, 0.1) is 28.4 Å². The van der Waals surface area contributed by atoms with Crippen LogP contribution in [-0.4, -0.2) is 28.4 Å². The van der Waals surface area contributed by atoms with Gasteiger partial charge < -0.3 is 18.9 Å². The summed E-state index contributed by atoms with van der Waals surface area (Å²) in [4.78, 5) is 0. The van der Waals surface area contributed by atoms with Crippen molar-refractivity contribution in [3.63, 3.8) is 0 Å². The number of ether oxygens (including phenoxy) is 4. The van der Waals surface area contributed by atoms with Crippen molar-refractivity contribution in [3.8, 4) is 23.0 Å². The number of hydrogen-bond acceptors (Lipinski definition) is 4. The molecule has 304 valence electrons. The zero-order valence-corrected chi connectivity index (χ0v) is 37.9. The first-order chi connectivity index (χ1) is 26.1. The Morgan fingerprint density at radius 2 is 0.482 bits per heavy atom. The van der Waals surface area contributed by atoms with Crippen LogP contribution in [0, 0.1) is 0 Å². The molecule has 4 nitrogen and oxygen atoms in total. The summed E-state index contributed by atoms with van der Waals surface area (Å²) in [5.74, 6) is 3.98. The van der Waals surface area contributed by atoms with Crippen LogP contribution in [0.3, 0.4) is 0 Å². The highest BCUT2D eigenvalue weighted by Crippen LogP contribution is 2.42. The monoisotopic (exact) mass is 761 g/mol. The Morgan fingerprint density at radius 1 is 0.304 bits per heavy atom. The van der Waals surface area contributed by atoms with Gasteiger partial charge in [0.25, 0.3) is 0 Å². The predicted octanol–water partition coefficient (Wildman–Crippen LogP) is 12.8.